The largest absolute Gasteiger partial charge is 0.497 e. The molecule has 0 saturated heterocycles. The molecule has 29 heavy (non-hydrogen) atoms. The van der Waals surface area contributed by atoms with Gasteiger partial charge in [-0.05, 0) is 79.4 Å². The van der Waals surface area contributed by atoms with Crippen molar-refractivity contribution in [1.29, 1.82) is 0 Å². The molecule has 3 aromatic rings. The van der Waals surface area contributed by atoms with Crippen molar-refractivity contribution >= 4 is 5.97 Å². The van der Waals surface area contributed by atoms with Crippen LogP contribution in [-0.2, 0) is 17.8 Å². The summed E-state index contributed by atoms with van der Waals surface area (Å²) in [5.74, 6) is 0.891. The number of ether oxygens (including phenoxy) is 2. The molecule has 0 unspecified atom stereocenters. The fourth-order valence-corrected chi connectivity index (χ4v) is 3.35. The predicted molar refractivity (Wildman–Crippen MR) is 114 cm³/mol. The Hall–Kier alpha value is -3.21. The van der Waals surface area contributed by atoms with Crippen LogP contribution in [0.15, 0.2) is 54.6 Å². The zero-order valence-corrected chi connectivity index (χ0v) is 17.1. The van der Waals surface area contributed by atoms with Gasteiger partial charge in [-0.3, -0.25) is 4.79 Å². The minimum atomic E-state index is -0.796. The molecular weight excluding hydrogens is 366 g/mol. The average molecular weight is 393 g/mol. The Bertz CT molecular complexity index is 973. The summed E-state index contributed by atoms with van der Waals surface area (Å²) in [5.41, 5.74) is 5.34. The minimum absolute atomic E-state index is 0.101. The molecule has 5 nitrogen and oxygen atoms in total. The van der Waals surface area contributed by atoms with Gasteiger partial charge in [0.05, 0.1) is 20.1 Å². The third kappa shape index (κ3) is 5.19. The zero-order chi connectivity index (χ0) is 20.8. The van der Waals surface area contributed by atoms with Gasteiger partial charge in [0.25, 0.3) is 0 Å². The van der Waals surface area contributed by atoms with Crippen molar-refractivity contribution in [2.45, 2.75) is 33.2 Å². The van der Waals surface area contributed by atoms with E-state index in [-0.39, 0.29) is 6.42 Å². The number of aryl methyl sites for hydroxylation is 3. The molecule has 1 aromatic heterocycles. The van der Waals surface area contributed by atoms with E-state index in [2.05, 4.69) is 16.7 Å². The molecule has 0 saturated carbocycles. The van der Waals surface area contributed by atoms with Gasteiger partial charge in [-0.1, -0.05) is 12.1 Å². The molecule has 1 N–H and O–H groups in total. The standard InChI is InChI=1S/C24H27NO4/c1-17-4-5-18(2)23(16-17)29-15-14-25-20(9-13-24(26)27)8-12-22(25)19-6-10-21(28-3)11-7-19/h4-8,10-12,16H,9,13-15H2,1-3H3,(H,26,27). The number of benzene rings is 2. The zero-order valence-electron chi connectivity index (χ0n) is 17.1. The number of aromatic nitrogens is 1. The van der Waals surface area contributed by atoms with Crippen LogP contribution in [0.3, 0.4) is 0 Å². The van der Waals surface area contributed by atoms with E-state index in [0.717, 1.165) is 39.6 Å². The summed E-state index contributed by atoms with van der Waals surface area (Å²) < 4.78 is 13.4. The molecule has 0 atom stereocenters. The van der Waals surface area contributed by atoms with Gasteiger partial charge in [0, 0.05) is 11.4 Å². The maximum atomic E-state index is 11.1. The Morgan fingerprint density at radius 3 is 2.48 bits per heavy atom. The molecule has 0 bridgehead atoms. The first-order chi connectivity index (χ1) is 14.0. The van der Waals surface area contributed by atoms with Crippen LogP contribution in [0.4, 0.5) is 0 Å². The molecule has 0 aliphatic rings. The lowest BCUT2D eigenvalue weighted by Gasteiger charge is -2.16. The molecule has 0 spiro atoms. The van der Waals surface area contributed by atoms with Crippen LogP contribution in [0.5, 0.6) is 11.5 Å². The molecule has 2 aromatic carbocycles. The topological polar surface area (TPSA) is 60.7 Å². The molecule has 3 rings (SSSR count). The van der Waals surface area contributed by atoms with Crippen molar-refractivity contribution in [3.8, 4) is 22.8 Å². The fourth-order valence-electron chi connectivity index (χ4n) is 3.35. The first-order valence-corrected chi connectivity index (χ1v) is 9.72. The maximum Gasteiger partial charge on any atom is 0.303 e. The van der Waals surface area contributed by atoms with Crippen molar-refractivity contribution in [3.05, 3.63) is 71.4 Å². The van der Waals surface area contributed by atoms with Gasteiger partial charge in [-0.15, -0.1) is 0 Å². The van der Waals surface area contributed by atoms with Gasteiger partial charge in [-0.25, -0.2) is 0 Å². The fraction of sp³-hybridized carbons (Fsp3) is 0.292. The highest BCUT2D eigenvalue weighted by Gasteiger charge is 2.12. The second-order valence-corrected chi connectivity index (χ2v) is 7.10. The average Bonchev–Trinajstić information content (AvgIpc) is 3.12. The minimum Gasteiger partial charge on any atom is -0.497 e. The normalized spacial score (nSPS) is 10.7. The Balaban J connectivity index is 1.82. The first kappa shape index (κ1) is 20.5. The maximum absolute atomic E-state index is 11.1. The van der Waals surface area contributed by atoms with E-state index in [1.54, 1.807) is 7.11 Å². The van der Waals surface area contributed by atoms with E-state index >= 15 is 0 Å². The number of rotatable bonds is 9. The van der Waals surface area contributed by atoms with Crippen LogP contribution in [0.2, 0.25) is 0 Å². The van der Waals surface area contributed by atoms with Crippen LogP contribution >= 0.6 is 0 Å². The van der Waals surface area contributed by atoms with Crippen LogP contribution in [0, 0.1) is 13.8 Å². The van der Waals surface area contributed by atoms with E-state index in [1.807, 2.05) is 56.3 Å². The summed E-state index contributed by atoms with van der Waals surface area (Å²) in [6.07, 6.45) is 0.582. The van der Waals surface area contributed by atoms with Gasteiger partial charge in [0.15, 0.2) is 0 Å². The molecule has 0 fully saturated rings. The lowest BCUT2D eigenvalue weighted by molar-refractivity contribution is -0.136. The highest BCUT2D eigenvalue weighted by Crippen LogP contribution is 2.26. The second kappa shape index (κ2) is 9.32. The summed E-state index contributed by atoms with van der Waals surface area (Å²) in [4.78, 5) is 11.1. The van der Waals surface area contributed by atoms with Gasteiger partial charge >= 0.3 is 5.97 Å². The number of methoxy groups -OCH3 is 1. The van der Waals surface area contributed by atoms with Crippen molar-refractivity contribution < 1.29 is 19.4 Å². The van der Waals surface area contributed by atoms with Crippen LogP contribution in [0.1, 0.15) is 23.2 Å². The Kier molecular flexibility index (Phi) is 6.60. The lowest BCUT2D eigenvalue weighted by atomic mass is 10.1. The summed E-state index contributed by atoms with van der Waals surface area (Å²) in [5, 5.41) is 9.08. The van der Waals surface area contributed by atoms with E-state index < -0.39 is 5.97 Å². The smallest absolute Gasteiger partial charge is 0.303 e. The highest BCUT2D eigenvalue weighted by atomic mass is 16.5. The Morgan fingerprint density at radius 1 is 1.03 bits per heavy atom. The molecule has 0 amide bonds. The number of carboxylic acids is 1. The van der Waals surface area contributed by atoms with Gasteiger partial charge < -0.3 is 19.1 Å². The van der Waals surface area contributed by atoms with Crippen molar-refractivity contribution in [1.82, 2.24) is 4.57 Å². The van der Waals surface area contributed by atoms with Crippen LogP contribution < -0.4 is 9.47 Å². The SMILES string of the molecule is COc1ccc(-c2ccc(CCC(=O)O)n2CCOc2cc(C)ccc2C)cc1. The number of aliphatic carboxylic acids is 1. The quantitative estimate of drug-likeness (QED) is 0.563. The second-order valence-electron chi connectivity index (χ2n) is 7.10. The van der Waals surface area contributed by atoms with Gasteiger partial charge in [0.2, 0.25) is 0 Å². The van der Waals surface area contributed by atoms with E-state index in [9.17, 15) is 4.79 Å². The molecule has 5 heteroatoms. The van der Waals surface area contributed by atoms with Crippen molar-refractivity contribution in [2.75, 3.05) is 13.7 Å². The number of nitrogens with zero attached hydrogens (tertiary/aromatic N) is 1. The van der Waals surface area contributed by atoms with Crippen molar-refractivity contribution in [3.63, 3.8) is 0 Å². The number of hydrogen-bond donors (Lipinski definition) is 1. The van der Waals surface area contributed by atoms with Gasteiger partial charge in [0.1, 0.15) is 18.1 Å². The van der Waals surface area contributed by atoms with Crippen molar-refractivity contribution in [2.24, 2.45) is 0 Å². The molecule has 0 aliphatic carbocycles. The van der Waals surface area contributed by atoms with E-state index in [0.29, 0.717) is 19.6 Å². The molecule has 0 aliphatic heterocycles. The summed E-state index contributed by atoms with van der Waals surface area (Å²) in [6.45, 7) is 5.22. The third-order valence-electron chi connectivity index (χ3n) is 4.97. The van der Waals surface area contributed by atoms with E-state index in [1.165, 1.54) is 0 Å². The van der Waals surface area contributed by atoms with Crippen LogP contribution in [0.25, 0.3) is 11.3 Å². The molecule has 152 valence electrons. The Morgan fingerprint density at radius 2 is 1.79 bits per heavy atom. The first-order valence-electron chi connectivity index (χ1n) is 9.72. The summed E-state index contributed by atoms with van der Waals surface area (Å²) >= 11 is 0. The number of carboxylic acid groups (broad SMARTS) is 1. The summed E-state index contributed by atoms with van der Waals surface area (Å²) in [7, 11) is 1.65. The molecule has 1 heterocycles. The highest BCUT2D eigenvalue weighted by molar-refractivity contribution is 5.67. The van der Waals surface area contributed by atoms with E-state index in [4.69, 9.17) is 14.6 Å². The number of carbonyl (C=O) groups is 1. The molecular formula is C24H27NO4. The van der Waals surface area contributed by atoms with Gasteiger partial charge in [-0.2, -0.15) is 0 Å². The van der Waals surface area contributed by atoms with Crippen LogP contribution in [-0.4, -0.2) is 29.4 Å². The third-order valence-corrected chi connectivity index (χ3v) is 4.97. The molecule has 0 radical (unpaired) electrons. The number of hydrogen-bond acceptors (Lipinski definition) is 3. The lowest BCUT2D eigenvalue weighted by Crippen LogP contribution is -2.13. The Labute approximate surface area is 171 Å². The predicted octanol–water partition coefficient (Wildman–Crippen LogP) is 4.88. The summed E-state index contributed by atoms with van der Waals surface area (Å²) in [6, 6.07) is 18.1. The monoisotopic (exact) mass is 393 g/mol.